The molecule has 54 heavy (non-hydrogen) atoms. The van der Waals surface area contributed by atoms with Crippen LogP contribution < -0.4 is 0 Å². The molecule has 0 aliphatic heterocycles. The second kappa shape index (κ2) is 13.6. The number of hydrogen-bond acceptors (Lipinski definition) is 5. The number of aryl methyl sites for hydroxylation is 4. The van der Waals surface area contributed by atoms with Gasteiger partial charge in [-0.3, -0.25) is 0 Å². The molecule has 7 nitrogen and oxygen atoms in total. The first-order valence-electron chi connectivity index (χ1n) is 19.1. The van der Waals surface area contributed by atoms with Crippen molar-refractivity contribution in [1.29, 1.82) is 0 Å². The quantitative estimate of drug-likeness (QED) is 0.140. The lowest BCUT2D eigenvalue weighted by atomic mass is 9.77. The molecule has 0 bridgehead atoms. The summed E-state index contributed by atoms with van der Waals surface area (Å²) in [7, 11) is 0. The summed E-state index contributed by atoms with van der Waals surface area (Å²) in [6, 6.07) is 47.4. The zero-order valence-electron chi connectivity index (χ0n) is 31.2. The summed E-state index contributed by atoms with van der Waals surface area (Å²) in [6.45, 7) is 8.75. The largest absolute Gasteiger partial charge is 0.305 e. The first-order valence-corrected chi connectivity index (χ1v) is 19.1. The van der Waals surface area contributed by atoms with Gasteiger partial charge in [-0.05, 0) is 93.6 Å². The molecule has 3 heterocycles. The first-order chi connectivity index (χ1) is 26.5. The van der Waals surface area contributed by atoms with Crippen LogP contribution in [0.5, 0.6) is 0 Å². The van der Waals surface area contributed by atoms with E-state index in [0.717, 1.165) is 81.7 Å². The zero-order valence-corrected chi connectivity index (χ0v) is 31.2. The fourth-order valence-electron chi connectivity index (χ4n) is 9.01. The molecule has 8 aromatic rings. The van der Waals surface area contributed by atoms with Crippen molar-refractivity contribution in [3.8, 4) is 22.5 Å². The lowest BCUT2D eigenvalue weighted by molar-refractivity contribution is 0.451. The average molecular weight is 706 g/mol. The Morgan fingerprint density at radius 1 is 0.685 bits per heavy atom. The van der Waals surface area contributed by atoms with Crippen LogP contribution in [-0.2, 0) is 24.8 Å². The molecule has 7 heteroatoms. The predicted octanol–water partition coefficient (Wildman–Crippen LogP) is 9.87. The molecule has 0 N–H and O–H groups in total. The lowest BCUT2D eigenvalue weighted by Crippen LogP contribution is -2.39. The van der Waals surface area contributed by atoms with Crippen LogP contribution >= 0.6 is 0 Å². The van der Waals surface area contributed by atoms with Gasteiger partial charge in [0.05, 0.1) is 6.04 Å². The Bertz CT molecular complexity index is 2510. The van der Waals surface area contributed by atoms with Crippen LogP contribution in [0.3, 0.4) is 0 Å². The molecule has 0 unspecified atom stereocenters. The molecule has 0 amide bonds. The standard InChI is InChI=1S/C47H43N7/c1-5-38-31(3)44-46(48-32(38)4)53(43(6-2)49-44)42-29-27-34-30-33(26-28-40(34)42)39-24-16-17-25-41(39)45-50-51-52-54(45)47(35-18-10-7-11-19-35,36-20-12-8-13-21-36)37-22-14-9-15-23-37/h7-26,28,30,42H,5-6,27,29H2,1-4H3/t42-/m0/s1. The normalized spacial score (nSPS) is 14.1. The number of imidazole rings is 1. The molecule has 1 atom stereocenters. The van der Waals surface area contributed by atoms with Gasteiger partial charge < -0.3 is 4.57 Å². The number of fused-ring (bicyclic) bond motifs is 2. The second-order valence-corrected chi connectivity index (χ2v) is 14.3. The van der Waals surface area contributed by atoms with Crippen molar-refractivity contribution in [3.05, 3.63) is 184 Å². The number of nitrogens with zero attached hydrogens (tertiary/aromatic N) is 7. The summed E-state index contributed by atoms with van der Waals surface area (Å²) in [5.74, 6) is 1.80. The van der Waals surface area contributed by atoms with Gasteiger partial charge in [-0.1, -0.05) is 147 Å². The number of tetrazole rings is 1. The Morgan fingerprint density at radius 3 is 1.91 bits per heavy atom. The molecule has 0 saturated carbocycles. The van der Waals surface area contributed by atoms with E-state index in [-0.39, 0.29) is 6.04 Å². The molecule has 0 radical (unpaired) electrons. The predicted molar refractivity (Wildman–Crippen MR) is 216 cm³/mol. The molecule has 0 fully saturated rings. The molecule has 9 rings (SSSR count). The number of hydrogen-bond donors (Lipinski definition) is 0. The van der Waals surface area contributed by atoms with Crippen LogP contribution in [0.25, 0.3) is 33.7 Å². The van der Waals surface area contributed by atoms with Gasteiger partial charge in [0.2, 0.25) is 0 Å². The van der Waals surface area contributed by atoms with Gasteiger partial charge in [-0.2, -0.15) is 0 Å². The maximum absolute atomic E-state index is 5.18. The Morgan fingerprint density at radius 2 is 1.30 bits per heavy atom. The molecule has 1 aliphatic rings. The number of pyridine rings is 1. The molecule has 3 aromatic heterocycles. The fraction of sp³-hybridized carbons (Fsp3) is 0.213. The third-order valence-electron chi connectivity index (χ3n) is 11.5. The highest BCUT2D eigenvalue weighted by molar-refractivity contribution is 5.82. The molecule has 0 spiro atoms. The molecule has 0 saturated heterocycles. The van der Waals surface area contributed by atoms with Crippen LogP contribution in [0.4, 0.5) is 0 Å². The highest BCUT2D eigenvalue weighted by atomic mass is 15.6. The third kappa shape index (κ3) is 5.21. The maximum atomic E-state index is 5.18. The van der Waals surface area contributed by atoms with Crippen LogP contribution in [0.2, 0.25) is 0 Å². The minimum absolute atomic E-state index is 0.193. The number of aromatic nitrogens is 7. The van der Waals surface area contributed by atoms with E-state index in [4.69, 9.17) is 20.3 Å². The van der Waals surface area contributed by atoms with Gasteiger partial charge in [0, 0.05) is 17.7 Å². The SMILES string of the molecule is CCc1c(C)nc2c(nc(CC)n2[C@H]2CCc3cc(-c4ccccc4-c4nnnn4C(c4ccccc4)(c4ccccc4)c4ccccc4)ccc32)c1C. The number of benzene rings is 5. The summed E-state index contributed by atoms with van der Waals surface area (Å²) >= 11 is 0. The van der Waals surface area contributed by atoms with Crippen molar-refractivity contribution in [2.24, 2.45) is 0 Å². The van der Waals surface area contributed by atoms with E-state index in [2.05, 4.69) is 171 Å². The Labute approximate surface area is 316 Å². The van der Waals surface area contributed by atoms with E-state index in [0.29, 0.717) is 5.82 Å². The zero-order chi connectivity index (χ0) is 36.8. The van der Waals surface area contributed by atoms with Gasteiger partial charge in [-0.25, -0.2) is 14.6 Å². The maximum Gasteiger partial charge on any atom is 0.184 e. The molecule has 1 aliphatic carbocycles. The van der Waals surface area contributed by atoms with Gasteiger partial charge in [0.25, 0.3) is 0 Å². The van der Waals surface area contributed by atoms with E-state index < -0.39 is 5.54 Å². The van der Waals surface area contributed by atoms with Crippen molar-refractivity contribution < 1.29 is 0 Å². The van der Waals surface area contributed by atoms with Crippen LogP contribution in [0.1, 0.15) is 76.8 Å². The Hall–Kier alpha value is -6.21. The van der Waals surface area contributed by atoms with E-state index in [1.165, 1.54) is 22.3 Å². The van der Waals surface area contributed by atoms with E-state index in [9.17, 15) is 0 Å². The highest BCUT2D eigenvalue weighted by Crippen LogP contribution is 2.45. The Kier molecular flexibility index (Phi) is 8.49. The van der Waals surface area contributed by atoms with Gasteiger partial charge in [0.15, 0.2) is 11.5 Å². The third-order valence-corrected chi connectivity index (χ3v) is 11.5. The van der Waals surface area contributed by atoms with Crippen molar-refractivity contribution in [2.75, 3.05) is 0 Å². The first kappa shape index (κ1) is 33.6. The average Bonchev–Trinajstić information content (AvgIpc) is 3.97. The molecule has 5 aromatic carbocycles. The van der Waals surface area contributed by atoms with E-state index >= 15 is 0 Å². The summed E-state index contributed by atoms with van der Waals surface area (Å²) in [5, 5.41) is 14.0. The summed E-state index contributed by atoms with van der Waals surface area (Å²) in [5.41, 5.74) is 14.0. The highest BCUT2D eigenvalue weighted by Gasteiger charge is 2.42. The Balaban J connectivity index is 1.19. The van der Waals surface area contributed by atoms with E-state index in [1.54, 1.807) is 0 Å². The topological polar surface area (TPSA) is 74.3 Å². The minimum Gasteiger partial charge on any atom is -0.305 e. The van der Waals surface area contributed by atoms with Crippen LogP contribution in [0.15, 0.2) is 133 Å². The molecule has 266 valence electrons. The van der Waals surface area contributed by atoms with Crippen molar-refractivity contribution in [2.45, 2.75) is 65.0 Å². The van der Waals surface area contributed by atoms with Crippen LogP contribution in [0, 0.1) is 13.8 Å². The lowest BCUT2D eigenvalue weighted by Gasteiger charge is -2.36. The van der Waals surface area contributed by atoms with Crippen molar-refractivity contribution >= 4 is 11.2 Å². The summed E-state index contributed by atoms with van der Waals surface area (Å²) < 4.78 is 4.45. The van der Waals surface area contributed by atoms with Gasteiger partial charge >= 0.3 is 0 Å². The van der Waals surface area contributed by atoms with Crippen molar-refractivity contribution in [1.82, 2.24) is 34.7 Å². The smallest absolute Gasteiger partial charge is 0.184 e. The van der Waals surface area contributed by atoms with Crippen LogP contribution in [-0.4, -0.2) is 34.7 Å². The summed E-state index contributed by atoms with van der Waals surface area (Å²) in [6.07, 6.45) is 3.82. The van der Waals surface area contributed by atoms with Gasteiger partial charge in [-0.15, -0.1) is 5.10 Å². The van der Waals surface area contributed by atoms with Crippen molar-refractivity contribution in [3.63, 3.8) is 0 Å². The summed E-state index contributed by atoms with van der Waals surface area (Å²) in [4.78, 5) is 10.3. The van der Waals surface area contributed by atoms with E-state index in [1.807, 2.05) is 4.68 Å². The minimum atomic E-state index is -0.839. The second-order valence-electron chi connectivity index (χ2n) is 14.3. The molecular formula is C47H43N7. The number of rotatable bonds is 9. The fourth-order valence-corrected chi connectivity index (χ4v) is 9.01. The molecular weight excluding hydrogens is 663 g/mol. The monoisotopic (exact) mass is 705 g/mol. The van der Waals surface area contributed by atoms with Gasteiger partial charge in [0.1, 0.15) is 16.9 Å².